The monoisotopic (exact) mass is 517 g/mol. The Morgan fingerprint density at radius 1 is 0.967 bits per heavy atom. The lowest BCUT2D eigenvalue weighted by molar-refractivity contribution is -0.131. The minimum absolute atomic E-state index is 0.0144. The molecule has 2 N–H and O–H groups in total. The van der Waals surface area contributed by atoms with E-state index < -0.39 is 6.10 Å². The molecule has 1 aliphatic rings. The SMILES string of the molecule is O=C1C(CC[C@H](O)c2ccc(F)cc2)[C@@H](c2ccc(O)cc2)N1c1ccc(I)cc1. The fourth-order valence-electron chi connectivity index (χ4n) is 3.96. The number of phenols is 1. The maximum Gasteiger partial charge on any atom is 0.233 e. The lowest BCUT2D eigenvalue weighted by Crippen LogP contribution is -2.55. The topological polar surface area (TPSA) is 60.8 Å². The molecule has 0 spiro atoms. The number of benzene rings is 3. The van der Waals surface area contributed by atoms with Crippen LogP contribution in [-0.4, -0.2) is 16.1 Å². The summed E-state index contributed by atoms with van der Waals surface area (Å²) in [6.07, 6.45) is 0.146. The van der Waals surface area contributed by atoms with Crippen molar-refractivity contribution in [2.45, 2.75) is 25.0 Å². The Kier molecular flexibility index (Phi) is 6.06. The van der Waals surface area contributed by atoms with Crippen LogP contribution in [0.2, 0.25) is 0 Å². The number of nitrogens with zero attached hydrogens (tertiary/aromatic N) is 1. The second kappa shape index (κ2) is 8.73. The van der Waals surface area contributed by atoms with Gasteiger partial charge >= 0.3 is 0 Å². The van der Waals surface area contributed by atoms with Gasteiger partial charge in [-0.15, -0.1) is 0 Å². The van der Waals surface area contributed by atoms with E-state index in [-0.39, 0.29) is 29.4 Å². The van der Waals surface area contributed by atoms with Gasteiger partial charge in [-0.05, 0) is 95.1 Å². The van der Waals surface area contributed by atoms with Gasteiger partial charge in [-0.25, -0.2) is 4.39 Å². The highest BCUT2D eigenvalue weighted by Gasteiger charge is 2.48. The first-order valence-electron chi connectivity index (χ1n) is 9.75. The molecule has 6 heteroatoms. The molecular formula is C24H21FINO3. The molecule has 0 radical (unpaired) electrons. The number of rotatable bonds is 6. The second-order valence-electron chi connectivity index (χ2n) is 7.47. The zero-order valence-corrected chi connectivity index (χ0v) is 18.2. The third kappa shape index (κ3) is 4.20. The summed E-state index contributed by atoms with van der Waals surface area (Å²) in [5, 5.41) is 20.1. The quantitative estimate of drug-likeness (QED) is 0.342. The number of hydrogen-bond donors (Lipinski definition) is 2. The van der Waals surface area contributed by atoms with Crippen molar-refractivity contribution in [2.75, 3.05) is 4.90 Å². The average Bonchev–Trinajstić information content (AvgIpc) is 2.74. The number of phenolic OH excluding ortho intramolecular Hbond substituents is 1. The Labute approximate surface area is 188 Å². The summed E-state index contributed by atoms with van der Waals surface area (Å²) in [4.78, 5) is 14.8. The Morgan fingerprint density at radius 2 is 1.60 bits per heavy atom. The number of aliphatic hydroxyl groups is 1. The van der Waals surface area contributed by atoms with E-state index in [9.17, 15) is 19.4 Å². The van der Waals surface area contributed by atoms with Crippen molar-refractivity contribution in [3.63, 3.8) is 0 Å². The predicted molar refractivity (Wildman–Crippen MR) is 122 cm³/mol. The Bertz CT molecular complexity index is 1020. The molecule has 0 aromatic heterocycles. The molecule has 1 heterocycles. The number of halogens is 2. The maximum absolute atomic E-state index is 13.1. The fraction of sp³-hybridized carbons (Fsp3) is 0.208. The van der Waals surface area contributed by atoms with E-state index in [1.807, 2.05) is 36.4 Å². The van der Waals surface area contributed by atoms with Gasteiger partial charge in [-0.1, -0.05) is 24.3 Å². The Morgan fingerprint density at radius 3 is 2.23 bits per heavy atom. The summed E-state index contributed by atoms with van der Waals surface area (Å²) in [5.74, 6) is -0.432. The van der Waals surface area contributed by atoms with E-state index in [2.05, 4.69) is 22.6 Å². The van der Waals surface area contributed by atoms with Crippen LogP contribution in [-0.2, 0) is 4.79 Å². The lowest BCUT2D eigenvalue weighted by atomic mass is 9.78. The number of carbonyl (C=O) groups is 1. The summed E-state index contributed by atoms with van der Waals surface area (Å²) >= 11 is 2.23. The first-order chi connectivity index (χ1) is 14.4. The highest BCUT2D eigenvalue weighted by molar-refractivity contribution is 14.1. The number of amides is 1. The summed E-state index contributed by atoms with van der Waals surface area (Å²) in [6, 6.07) is 20.3. The van der Waals surface area contributed by atoms with Crippen LogP contribution in [0.1, 0.15) is 36.1 Å². The molecule has 3 atom stereocenters. The number of carbonyl (C=O) groups excluding carboxylic acids is 1. The predicted octanol–water partition coefficient (Wildman–Crippen LogP) is 5.35. The van der Waals surface area contributed by atoms with Gasteiger partial charge in [-0.2, -0.15) is 0 Å². The van der Waals surface area contributed by atoms with Crippen LogP contribution < -0.4 is 4.90 Å². The van der Waals surface area contributed by atoms with Crippen LogP contribution >= 0.6 is 22.6 Å². The highest BCUT2D eigenvalue weighted by Crippen LogP contribution is 2.46. The molecule has 30 heavy (non-hydrogen) atoms. The van der Waals surface area contributed by atoms with Crippen LogP contribution in [0.5, 0.6) is 5.75 Å². The summed E-state index contributed by atoms with van der Waals surface area (Å²) in [7, 11) is 0. The molecule has 3 aromatic carbocycles. The first kappa shape index (κ1) is 20.8. The van der Waals surface area contributed by atoms with Gasteiger partial charge in [0.2, 0.25) is 5.91 Å². The number of β-lactam (4-membered cyclic amide) rings is 1. The standard InChI is InChI=1S/C24H21FINO3/c25-17-5-1-15(2-6-17)22(29)14-13-21-23(16-3-11-20(28)12-4-16)27(24(21)30)19-9-7-18(26)8-10-19/h1-12,21-23,28-29H,13-14H2/t21?,22-,23+/m0/s1. The molecule has 3 aromatic rings. The normalized spacial score (nSPS) is 19.4. The van der Waals surface area contributed by atoms with Crippen LogP contribution in [0.4, 0.5) is 10.1 Å². The fourth-order valence-corrected chi connectivity index (χ4v) is 4.32. The van der Waals surface area contributed by atoms with Gasteiger partial charge in [0, 0.05) is 9.26 Å². The van der Waals surface area contributed by atoms with Crippen LogP contribution in [0, 0.1) is 15.3 Å². The number of aromatic hydroxyl groups is 1. The van der Waals surface area contributed by atoms with Crippen molar-refractivity contribution in [3.8, 4) is 5.75 Å². The maximum atomic E-state index is 13.1. The summed E-state index contributed by atoms with van der Waals surface area (Å²) in [6.45, 7) is 0. The van der Waals surface area contributed by atoms with Crippen LogP contribution in [0.15, 0.2) is 72.8 Å². The van der Waals surface area contributed by atoms with Crippen molar-refractivity contribution in [1.29, 1.82) is 0 Å². The zero-order chi connectivity index (χ0) is 21.3. The van der Waals surface area contributed by atoms with E-state index in [0.29, 0.717) is 18.4 Å². The Hall–Kier alpha value is -2.45. The van der Waals surface area contributed by atoms with Crippen LogP contribution in [0.25, 0.3) is 0 Å². The molecule has 1 fully saturated rings. The third-order valence-corrected chi connectivity index (χ3v) is 6.28. The highest BCUT2D eigenvalue weighted by atomic mass is 127. The van der Waals surface area contributed by atoms with E-state index >= 15 is 0 Å². The van der Waals surface area contributed by atoms with Gasteiger partial charge in [-0.3, -0.25) is 4.79 Å². The van der Waals surface area contributed by atoms with E-state index in [4.69, 9.17) is 0 Å². The Balaban J connectivity index is 1.55. The van der Waals surface area contributed by atoms with Gasteiger partial charge in [0.15, 0.2) is 0 Å². The minimum atomic E-state index is -0.758. The molecule has 154 valence electrons. The zero-order valence-electron chi connectivity index (χ0n) is 16.1. The van der Waals surface area contributed by atoms with Gasteiger partial charge in [0.25, 0.3) is 0 Å². The average molecular weight is 517 g/mol. The summed E-state index contributed by atoms with van der Waals surface area (Å²) < 4.78 is 14.2. The van der Waals surface area contributed by atoms with Crippen molar-refractivity contribution in [1.82, 2.24) is 0 Å². The van der Waals surface area contributed by atoms with Crippen molar-refractivity contribution in [3.05, 3.63) is 93.3 Å². The van der Waals surface area contributed by atoms with Gasteiger partial charge in [0.05, 0.1) is 18.1 Å². The molecule has 0 aliphatic carbocycles. The van der Waals surface area contributed by atoms with Crippen LogP contribution in [0.3, 0.4) is 0 Å². The smallest absolute Gasteiger partial charge is 0.233 e. The number of anilines is 1. The molecule has 0 bridgehead atoms. The molecular weight excluding hydrogens is 496 g/mol. The number of hydrogen-bond acceptors (Lipinski definition) is 3. The van der Waals surface area contributed by atoms with E-state index in [1.54, 1.807) is 29.2 Å². The molecule has 1 aliphatic heterocycles. The summed E-state index contributed by atoms with van der Waals surface area (Å²) in [5.41, 5.74) is 2.40. The minimum Gasteiger partial charge on any atom is -0.508 e. The molecule has 0 saturated carbocycles. The molecule has 4 rings (SSSR count). The van der Waals surface area contributed by atoms with Crippen molar-refractivity contribution >= 4 is 34.2 Å². The van der Waals surface area contributed by atoms with E-state index in [0.717, 1.165) is 14.8 Å². The molecule has 4 nitrogen and oxygen atoms in total. The van der Waals surface area contributed by atoms with Gasteiger partial charge < -0.3 is 15.1 Å². The largest absolute Gasteiger partial charge is 0.508 e. The first-order valence-corrected chi connectivity index (χ1v) is 10.8. The number of aliphatic hydroxyl groups excluding tert-OH is 1. The molecule has 1 unspecified atom stereocenters. The lowest BCUT2D eigenvalue weighted by Gasteiger charge is -2.48. The van der Waals surface area contributed by atoms with Gasteiger partial charge in [0.1, 0.15) is 11.6 Å². The van der Waals surface area contributed by atoms with Crippen molar-refractivity contribution < 1.29 is 19.4 Å². The second-order valence-corrected chi connectivity index (χ2v) is 8.72. The third-order valence-electron chi connectivity index (χ3n) is 5.56. The van der Waals surface area contributed by atoms with Crippen molar-refractivity contribution in [2.24, 2.45) is 5.92 Å². The van der Waals surface area contributed by atoms with E-state index in [1.165, 1.54) is 12.1 Å². The molecule has 1 amide bonds. The molecule has 1 saturated heterocycles.